The van der Waals surface area contributed by atoms with E-state index in [-0.39, 0.29) is 0 Å². The summed E-state index contributed by atoms with van der Waals surface area (Å²) in [6.45, 7) is 6.94. The quantitative estimate of drug-likeness (QED) is 0.574. The normalized spacial score (nSPS) is 31.7. The molecule has 0 aliphatic carbocycles. The minimum absolute atomic E-state index is 0.694. The van der Waals surface area contributed by atoms with Gasteiger partial charge in [0, 0.05) is 10.00 Å². The van der Waals surface area contributed by atoms with Gasteiger partial charge in [-0.1, -0.05) is 20.8 Å². The van der Waals surface area contributed by atoms with E-state index in [0.717, 1.165) is 5.25 Å². The number of rotatable bonds is 2. The summed E-state index contributed by atoms with van der Waals surface area (Å²) in [7, 11) is 0. The Kier molecular flexibility index (Phi) is 2.10. The summed E-state index contributed by atoms with van der Waals surface area (Å²) in [6, 6.07) is 0. The molecule has 0 bridgehead atoms. The van der Waals surface area contributed by atoms with E-state index >= 15 is 0 Å². The zero-order valence-corrected chi connectivity index (χ0v) is 7.42. The van der Waals surface area contributed by atoms with Gasteiger partial charge in [-0.2, -0.15) is 11.8 Å². The molecule has 0 aromatic rings. The molecule has 54 valence electrons. The molecule has 1 aliphatic rings. The summed E-state index contributed by atoms with van der Waals surface area (Å²) in [5.74, 6) is 0. The van der Waals surface area contributed by atoms with Gasteiger partial charge in [0.1, 0.15) is 0 Å². The van der Waals surface area contributed by atoms with E-state index in [2.05, 4.69) is 32.5 Å². The fraction of sp³-hybridized carbons (Fsp3) is 1.00. The zero-order chi connectivity index (χ0) is 6.91. The third-order valence-corrected chi connectivity index (χ3v) is 4.21. The molecule has 1 saturated heterocycles. The number of thioether (sulfide) groups is 1. The lowest BCUT2D eigenvalue weighted by Crippen LogP contribution is -2.38. The Bertz CT molecular complexity index is 86.7. The monoisotopic (exact) mass is 144 g/mol. The summed E-state index contributed by atoms with van der Waals surface area (Å²) in [5, 5.41) is 0.935. The van der Waals surface area contributed by atoms with E-state index in [4.69, 9.17) is 0 Å². The summed E-state index contributed by atoms with van der Waals surface area (Å²) >= 11 is 2.18. The van der Waals surface area contributed by atoms with Crippen molar-refractivity contribution in [1.82, 2.24) is 0 Å². The van der Waals surface area contributed by atoms with Crippen molar-refractivity contribution in [2.24, 2.45) is 0 Å². The largest absolute Gasteiger partial charge is 0.152 e. The van der Waals surface area contributed by atoms with E-state index in [1.807, 2.05) is 0 Å². The van der Waals surface area contributed by atoms with Gasteiger partial charge in [-0.25, -0.2) is 0 Å². The van der Waals surface area contributed by atoms with Crippen molar-refractivity contribution in [2.75, 3.05) is 0 Å². The minimum atomic E-state index is 0.694. The lowest BCUT2D eigenvalue weighted by Gasteiger charge is -2.45. The maximum atomic E-state index is 2.33. The lowest BCUT2D eigenvalue weighted by molar-refractivity contribution is 0.464. The van der Waals surface area contributed by atoms with Crippen molar-refractivity contribution in [3.63, 3.8) is 0 Å². The molecule has 1 rings (SSSR count). The molecule has 0 saturated carbocycles. The van der Waals surface area contributed by atoms with Crippen LogP contribution in [0.2, 0.25) is 0 Å². The molecule has 1 heterocycles. The van der Waals surface area contributed by atoms with E-state index in [0.29, 0.717) is 4.75 Å². The van der Waals surface area contributed by atoms with Crippen molar-refractivity contribution in [1.29, 1.82) is 0 Å². The first-order valence-electron chi connectivity index (χ1n) is 3.90. The Hall–Kier alpha value is 0.350. The van der Waals surface area contributed by atoms with Crippen LogP contribution in [0.1, 0.15) is 40.0 Å². The van der Waals surface area contributed by atoms with Crippen LogP contribution < -0.4 is 0 Å². The van der Waals surface area contributed by atoms with Crippen LogP contribution >= 0.6 is 11.8 Å². The van der Waals surface area contributed by atoms with Crippen LogP contribution in [-0.2, 0) is 0 Å². The molecule has 0 amide bonds. The maximum Gasteiger partial charge on any atom is 0.0168 e. The molecule has 0 aromatic carbocycles. The molecule has 0 radical (unpaired) electrons. The molecule has 0 N–H and O–H groups in total. The average molecular weight is 144 g/mol. The number of hydrogen-bond acceptors (Lipinski definition) is 1. The Morgan fingerprint density at radius 3 is 2.00 bits per heavy atom. The highest BCUT2D eigenvalue weighted by atomic mass is 32.2. The van der Waals surface area contributed by atoms with E-state index in [1.54, 1.807) is 0 Å². The van der Waals surface area contributed by atoms with E-state index in [1.165, 1.54) is 19.3 Å². The minimum Gasteiger partial charge on any atom is -0.152 e. The smallest absolute Gasteiger partial charge is 0.0168 e. The van der Waals surface area contributed by atoms with Crippen LogP contribution in [0.3, 0.4) is 0 Å². The first kappa shape index (κ1) is 7.46. The topological polar surface area (TPSA) is 0 Å². The molecule has 9 heavy (non-hydrogen) atoms. The van der Waals surface area contributed by atoms with Gasteiger partial charge >= 0.3 is 0 Å². The second kappa shape index (κ2) is 2.53. The van der Waals surface area contributed by atoms with E-state index in [9.17, 15) is 0 Å². The van der Waals surface area contributed by atoms with Crippen LogP contribution in [0.15, 0.2) is 0 Å². The maximum absolute atomic E-state index is 2.33. The highest BCUT2D eigenvalue weighted by Gasteiger charge is 2.39. The summed E-state index contributed by atoms with van der Waals surface area (Å²) < 4.78 is 0.694. The molecule has 1 heteroatoms. The van der Waals surface area contributed by atoms with E-state index < -0.39 is 0 Å². The Balaban J connectivity index is 2.36. The highest BCUT2D eigenvalue weighted by Crippen LogP contribution is 2.50. The molecule has 0 aromatic heterocycles. The third-order valence-electron chi connectivity index (χ3n) is 2.40. The van der Waals surface area contributed by atoms with Crippen LogP contribution in [0, 0.1) is 0 Å². The van der Waals surface area contributed by atoms with Gasteiger partial charge < -0.3 is 0 Å². The highest BCUT2D eigenvalue weighted by molar-refractivity contribution is 8.02. The van der Waals surface area contributed by atoms with Crippen molar-refractivity contribution < 1.29 is 0 Å². The standard InChI is InChI=1S/C8H16S/c1-4-8(5-2)6-7(3)9-8/h7H,4-6H2,1-3H3. The van der Waals surface area contributed by atoms with Crippen LogP contribution in [-0.4, -0.2) is 10.00 Å². The van der Waals surface area contributed by atoms with Gasteiger partial charge in [-0.3, -0.25) is 0 Å². The van der Waals surface area contributed by atoms with Crippen molar-refractivity contribution in [2.45, 2.75) is 50.0 Å². The van der Waals surface area contributed by atoms with Crippen molar-refractivity contribution in [3.8, 4) is 0 Å². The van der Waals surface area contributed by atoms with Crippen molar-refractivity contribution in [3.05, 3.63) is 0 Å². The predicted molar refractivity (Wildman–Crippen MR) is 45.0 cm³/mol. The molecule has 1 aliphatic heterocycles. The molecule has 1 fully saturated rings. The van der Waals surface area contributed by atoms with Gasteiger partial charge in [0.2, 0.25) is 0 Å². The van der Waals surface area contributed by atoms with Gasteiger partial charge in [0.05, 0.1) is 0 Å². The molecule has 1 atom stereocenters. The van der Waals surface area contributed by atoms with Crippen LogP contribution in [0.4, 0.5) is 0 Å². The summed E-state index contributed by atoms with van der Waals surface area (Å²) in [6.07, 6.45) is 4.17. The van der Waals surface area contributed by atoms with Gasteiger partial charge in [0.25, 0.3) is 0 Å². The van der Waals surface area contributed by atoms with Gasteiger partial charge in [-0.05, 0) is 19.3 Å². The molecular formula is C8H16S. The molecule has 1 unspecified atom stereocenters. The lowest BCUT2D eigenvalue weighted by atomic mass is 9.95. The molecule has 0 nitrogen and oxygen atoms in total. The zero-order valence-electron chi connectivity index (χ0n) is 6.61. The summed E-state index contributed by atoms with van der Waals surface area (Å²) in [5.41, 5.74) is 0. The van der Waals surface area contributed by atoms with Crippen molar-refractivity contribution >= 4 is 11.8 Å². The average Bonchev–Trinajstić information content (AvgIpc) is 1.81. The summed E-state index contributed by atoms with van der Waals surface area (Å²) in [4.78, 5) is 0. The SMILES string of the molecule is CCC1(CC)CC(C)S1. The third kappa shape index (κ3) is 1.26. The van der Waals surface area contributed by atoms with Gasteiger partial charge in [-0.15, -0.1) is 0 Å². The Morgan fingerprint density at radius 2 is 1.89 bits per heavy atom. The van der Waals surface area contributed by atoms with Crippen LogP contribution in [0.25, 0.3) is 0 Å². The first-order chi connectivity index (χ1) is 4.22. The Morgan fingerprint density at radius 1 is 1.44 bits per heavy atom. The van der Waals surface area contributed by atoms with Crippen LogP contribution in [0.5, 0.6) is 0 Å². The number of hydrogen-bond donors (Lipinski definition) is 0. The first-order valence-corrected chi connectivity index (χ1v) is 4.78. The second-order valence-corrected chi connectivity index (χ2v) is 4.93. The van der Waals surface area contributed by atoms with Gasteiger partial charge in [0.15, 0.2) is 0 Å². The molecule has 0 spiro atoms. The second-order valence-electron chi connectivity index (χ2n) is 3.02. The fourth-order valence-corrected chi connectivity index (χ4v) is 3.28. The Labute approximate surface area is 62.4 Å². The molecular weight excluding hydrogens is 128 g/mol. The predicted octanol–water partition coefficient (Wildman–Crippen LogP) is 3.07. The fourth-order valence-electron chi connectivity index (χ4n) is 1.65.